The van der Waals surface area contributed by atoms with Gasteiger partial charge >= 0.3 is 0 Å². The molecule has 1 aromatic carbocycles. The van der Waals surface area contributed by atoms with Crippen LogP contribution < -0.4 is 10.6 Å². The van der Waals surface area contributed by atoms with Crippen LogP contribution in [0.2, 0.25) is 0 Å². The van der Waals surface area contributed by atoms with Gasteiger partial charge < -0.3 is 20.4 Å². The SMILES string of the molecule is CC1=C(C(=O)Nc2ccc(CN(C)C)nc2)c2cc(-c3cncc(CN4CCN(C)CC4)c3)ccc2NC1. The molecule has 0 bridgehead atoms. The van der Waals surface area contributed by atoms with Crippen molar-refractivity contribution in [3.63, 3.8) is 0 Å². The molecule has 2 aliphatic rings. The molecular formula is C30H37N7O. The minimum atomic E-state index is -0.119. The molecule has 1 fully saturated rings. The maximum Gasteiger partial charge on any atom is 0.256 e. The van der Waals surface area contributed by atoms with Crippen LogP contribution >= 0.6 is 0 Å². The van der Waals surface area contributed by atoms with Crippen LogP contribution in [-0.2, 0) is 17.9 Å². The van der Waals surface area contributed by atoms with Crippen molar-refractivity contribution in [1.82, 2.24) is 24.7 Å². The first-order chi connectivity index (χ1) is 18.4. The van der Waals surface area contributed by atoms with Crippen LogP contribution in [0.5, 0.6) is 0 Å². The normalized spacial score (nSPS) is 16.3. The van der Waals surface area contributed by atoms with Gasteiger partial charge in [0.25, 0.3) is 5.91 Å². The standard InChI is InChI=1S/C30H37N7O/c1-21-15-33-28-8-5-23(24-13-22(16-31-17-24)19-37-11-9-36(4)10-12-37)14-27(28)29(21)30(38)34-25-6-7-26(32-18-25)20-35(2)3/h5-8,13-14,16-18,33H,9-12,15,19-20H2,1-4H3,(H,34,38). The van der Waals surface area contributed by atoms with E-state index in [1.165, 1.54) is 5.56 Å². The zero-order valence-corrected chi connectivity index (χ0v) is 22.8. The van der Waals surface area contributed by atoms with Crippen molar-refractivity contribution in [1.29, 1.82) is 0 Å². The lowest BCUT2D eigenvalue weighted by molar-refractivity contribution is -0.111. The van der Waals surface area contributed by atoms with Gasteiger partial charge in [-0.3, -0.25) is 19.7 Å². The summed E-state index contributed by atoms with van der Waals surface area (Å²) in [6.45, 7) is 8.63. The molecule has 3 aromatic rings. The van der Waals surface area contributed by atoms with E-state index in [2.05, 4.69) is 66.6 Å². The highest BCUT2D eigenvalue weighted by molar-refractivity contribution is 6.27. The number of nitrogens with one attached hydrogen (secondary N) is 2. The quantitative estimate of drug-likeness (QED) is 0.500. The van der Waals surface area contributed by atoms with Crippen LogP contribution in [0.1, 0.15) is 23.7 Å². The van der Waals surface area contributed by atoms with Gasteiger partial charge in [-0.2, -0.15) is 0 Å². The number of pyridine rings is 2. The van der Waals surface area contributed by atoms with E-state index in [1.807, 2.05) is 45.5 Å². The van der Waals surface area contributed by atoms with Crippen molar-refractivity contribution < 1.29 is 4.79 Å². The van der Waals surface area contributed by atoms with Crippen LogP contribution in [0.3, 0.4) is 0 Å². The molecule has 0 saturated carbocycles. The van der Waals surface area contributed by atoms with Gasteiger partial charge in [-0.15, -0.1) is 0 Å². The molecule has 198 valence electrons. The number of fused-ring (bicyclic) bond motifs is 1. The molecule has 0 unspecified atom stereocenters. The number of aromatic nitrogens is 2. The molecule has 2 N–H and O–H groups in total. The first kappa shape index (κ1) is 26.0. The van der Waals surface area contributed by atoms with Crippen molar-refractivity contribution >= 4 is 22.9 Å². The predicted molar refractivity (Wildman–Crippen MR) is 154 cm³/mol. The number of carbonyl (C=O) groups excluding carboxylic acids is 1. The number of piperazine rings is 1. The van der Waals surface area contributed by atoms with E-state index >= 15 is 0 Å². The summed E-state index contributed by atoms with van der Waals surface area (Å²) in [5.74, 6) is -0.119. The average Bonchev–Trinajstić information content (AvgIpc) is 2.90. The highest BCUT2D eigenvalue weighted by Gasteiger charge is 2.23. The average molecular weight is 512 g/mol. The van der Waals surface area contributed by atoms with E-state index in [1.54, 1.807) is 6.20 Å². The van der Waals surface area contributed by atoms with Gasteiger partial charge in [0.1, 0.15) is 0 Å². The van der Waals surface area contributed by atoms with Gasteiger partial charge in [-0.1, -0.05) is 6.07 Å². The summed E-state index contributed by atoms with van der Waals surface area (Å²) in [5.41, 5.74) is 8.55. The Labute approximate surface area is 225 Å². The molecule has 4 heterocycles. The van der Waals surface area contributed by atoms with Gasteiger partial charge in [-0.05, 0) is 75.1 Å². The Hall–Kier alpha value is -3.59. The largest absolute Gasteiger partial charge is 0.381 e. The first-order valence-corrected chi connectivity index (χ1v) is 13.2. The summed E-state index contributed by atoms with van der Waals surface area (Å²) >= 11 is 0. The fourth-order valence-corrected chi connectivity index (χ4v) is 5.05. The predicted octanol–water partition coefficient (Wildman–Crippen LogP) is 3.79. The molecule has 0 radical (unpaired) electrons. The minimum Gasteiger partial charge on any atom is -0.381 e. The molecule has 2 aromatic heterocycles. The number of carbonyl (C=O) groups is 1. The lowest BCUT2D eigenvalue weighted by atomic mass is 9.91. The number of hydrogen-bond acceptors (Lipinski definition) is 7. The molecule has 2 aliphatic heterocycles. The third-order valence-electron chi connectivity index (χ3n) is 7.18. The van der Waals surface area contributed by atoms with Gasteiger partial charge in [0.05, 0.1) is 17.6 Å². The zero-order valence-electron chi connectivity index (χ0n) is 22.8. The number of hydrogen-bond donors (Lipinski definition) is 2. The second-order valence-corrected chi connectivity index (χ2v) is 10.7. The van der Waals surface area contributed by atoms with E-state index < -0.39 is 0 Å². The summed E-state index contributed by atoms with van der Waals surface area (Å²) in [5, 5.41) is 6.51. The Balaban J connectivity index is 1.36. The van der Waals surface area contributed by atoms with Crippen LogP contribution in [0.15, 0.2) is 60.6 Å². The number of likely N-dealkylation sites (N-methyl/N-ethyl adjacent to an activating group) is 1. The van der Waals surface area contributed by atoms with Crippen molar-refractivity contribution in [3.8, 4) is 11.1 Å². The Morgan fingerprint density at radius 3 is 2.58 bits per heavy atom. The number of benzene rings is 1. The smallest absolute Gasteiger partial charge is 0.256 e. The lowest BCUT2D eigenvalue weighted by Gasteiger charge is -2.32. The molecule has 1 amide bonds. The zero-order chi connectivity index (χ0) is 26.6. The number of anilines is 2. The Morgan fingerprint density at radius 2 is 1.84 bits per heavy atom. The minimum absolute atomic E-state index is 0.119. The van der Waals surface area contributed by atoms with E-state index in [4.69, 9.17) is 0 Å². The molecule has 38 heavy (non-hydrogen) atoms. The second kappa shape index (κ2) is 11.4. The molecule has 0 aliphatic carbocycles. The van der Waals surface area contributed by atoms with Crippen molar-refractivity contribution in [2.45, 2.75) is 20.0 Å². The summed E-state index contributed by atoms with van der Waals surface area (Å²) in [6.07, 6.45) is 5.59. The van der Waals surface area contributed by atoms with Gasteiger partial charge in [0.2, 0.25) is 0 Å². The van der Waals surface area contributed by atoms with Crippen LogP contribution in [0.25, 0.3) is 16.7 Å². The van der Waals surface area contributed by atoms with Gasteiger partial charge in [0, 0.05) is 80.6 Å². The maximum atomic E-state index is 13.5. The second-order valence-electron chi connectivity index (χ2n) is 10.7. The fraction of sp³-hybridized carbons (Fsp3) is 0.367. The van der Waals surface area contributed by atoms with E-state index in [0.29, 0.717) is 17.8 Å². The molecule has 5 rings (SSSR count). The van der Waals surface area contributed by atoms with Crippen molar-refractivity contribution in [2.75, 3.05) is 64.5 Å². The lowest BCUT2D eigenvalue weighted by Crippen LogP contribution is -2.43. The van der Waals surface area contributed by atoms with Crippen molar-refractivity contribution in [3.05, 3.63) is 77.4 Å². The number of nitrogens with zero attached hydrogens (tertiary/aromatic N) is 5. The van der Waals surface area contributed by atoms with Crippen LogP contribution in [0, 0.1) is 0 Å². The summed E-state index contributed by atoms with van der Waals surface area (Å²) in [6, 6.07) is 12.4. The molecule has 1 saturated heterocycles. The van der Waals surface area contributed by atoms with Crippen LogP contribution in [-0.4, -0.2) is 84.4 Å². The monoisotopic (exact) mass is 511 g/mol. The molecule has 8 nitrogen and oxygen atoms in total. The van der Waals surface area contributed by atoms with E-state index in [-0.39, 0.29) is 5.91 Å². The summed E-state index contributed by atoms with van der Waals surface area (Å²) < 4.78 is 0. The molecule has 0 atom stereocenters. The van der Waals surface area contributed by atoms with E-state index in [9.17, 15) is 4.79 Å². The Kier molecular flexibility index (Phi) is 7.83. The van der Waals surface area contributed by atoms with E-state index in [0.717, 1.165) is 72.9 Å². The number of amides is 1. The molecule has 8 heteroatoms. The van der Waals surface area contributed by atoms with Gasteiger partial charge in [-0.25, -0.2) is 0 Å². The van der Waals surface area contributed by atoms with Crippen molar-refractivity contribution in [2.24, 2.45) is 0 Å². The summed E-state index contributed by atoms with van der Waals surface area (Å²) in [4.78, 5) is 29.4. The molecular weight excluding hydrogens is 474 g/mol. The first-order valence-electron chi connectivity index (χ1n) is 13.2. The fourth-order valence-electron chi connectivity index (χ4n) is 5.05. The third-order valence-corrected chi connectivity index (χ3v) is 7.18. The number of rotatable bonds is 7. The Bertz CT molecular complexity index is 1320. The Morgan fingerprint density at radius 1 is 1.03 bits per heavy atom. The summed E-state index contributed by atoms with van der Waals surface area (Å²) in [7, 11) is 6.19. The maximum absolute atomic E-state index is 13.5. The third kappa shape index (κ3) is 6.10. The van der Waals surface area contributed by atoms with Gasteiger partial charge in [0.15, 0.2) is 0 Å². The highest BCUT2D eigenvalue weighted by atomic mass is 16.1. The van der Waals surface area contributed by atoms with Crippen LogP contribution in [0.4, 0.5) is 11.4 Å². The molecule has 0 spiro atoms. The highest BCUT2D eigenvalue weighted by Crippen LogP contribution is 2.35. The topological polar surface area (TPSA) is 76.6 Å².